The molecule has 0 bridgehead atoms. The largest absolute Gasteiger partial charge is 0.504 e. The maximum atomic E-state index is 13.5. The van der Waals surface area contributed by atoms with Crippen molar-refractivity contribution in [3.05, 3.63) is 75.5 Å². The molecule has 0 spiro atoms. The van der Waals surface area contributed by atoms with Crippen molar-refractivity contribution in [1.82, 2.24) is 4.57 Å². The summed E-state index contributed by atoms with van der Waals surface area (Å²) in [4.78, 5) is 32.1. The summed E-state index contributed by atoms with van der Waals surface area (Å²) in [7, 11) is 1.46. The van der Waals surface area contributed by atoms with Crippen LogP contribution in [0.1, 0.15) is 30.3 Å². The fourth-order valence-corrected chi connectivity index (χ4v) is 5.82. The van der Waals surface area contributed by atoms with Crippen molar-refractivity contribution in [3.63, 3.8) is 0 Å². The van der Waals surface area contributed by atoms with Gasteiger partial charge in [0, 0.05) is 14.9 Å². The van der Waals surface area contributed by atoms with Crippen LogP contribution in [-0.4, -0.2) is 29.4 Å². The Labute approximate surface area is 199 Å². The first-order chi connectivity index (χ1) is 15.3. The van der Waals surface area contributed by atoms with E-state index in [-0.39, 0.29) is 23.7 Å². The molecular formula is C22H19BrN2O5S2. The first kappa shape index (κ1) is 22.5. The number of carbonyl (C=O) groups is 1. The minimum atomic E-state index is -0.627. The average Bonchev–Trinajstić information content (AvgIpc) is 3.38. The van der Waals surface area contributed by atoms with E-state index in [0.29, 0.717) is 30.6 Å². The molecule has 166 valence electrons. The lowest BCUT2D eigenvalue weighted by Gasteiger charge is -2.23. The van der Waals surface area contributed by atoms with E-state index in [9.17, 15) is 14.7 Å². The monoisotopic (exact) mass is 534 g/mol. The second kappa shape index (κ2) is 9.05. The maximum absolute atomic E-state index is 13.5. The Bertz CT molecular complexity index is 1400. The smallest absolute Gasteiger partial charge is 0.338 e. The Balaban J connectivity index is 1.96. The molecule has 0 aliphatic carbocycles. The third-order valence-electron chi connectivity index (χ3n) is 4.91. The number of phenols is 1. The Morgan fingerprint density at radius 1 is 1.41 bits per heavy atom. The van der Waals surface area contributed by atoms with Crippen LogP contribution in [0.2, 0.25) is 0 Å². The highest BCUT2D eigenvalue weighted by Crippen LogP contribution is 2.35. The zero-order chi connectivity index (χ0) is 23.0. The third-order valence-corrected chi connectivity index (χ3v) is 7.27. The van der Waals surface area contributed by atoms with E-state index in [1.165, 1.54) is 34.4 Å². The molecule has 1 aliphatic rings. The molecule has 7 nitrogen and oxygen atoms in total. The Morgan fingerprint density at radius 3 is 2.84 bits per heavy atom. The summed E-state index contributed by atoms with van der Waals surface area (Å²) < 4.78 is 13.1. The summed E-state index contributed by atoms with van der Waals surface area (Å²) in [6.07, 6.45) is 1.60. The van der Waals surface area contributed by atoms with E-state index in [1.807, 2.05) is 17.5 Å². The van der Waals surface area contributed by atoms with Crippen LogP contribution in [0.4, 0.5) is 0 Å². The van der Waals surface area contributed by atoms with E-state index in [2.05, 4.69) is 20.9 Å². The summed E-state index contributed by atoms with van der Waals surface area (Å²) in [6, 6.07) is 6.47. The quantitative estimate of drug-likeness (QED) is 0.507. The number of methoxy groups -OCH3 is 1. The number of thiophene rings is 1. The van der Waals surface area contributed by atoms with Gasteiger partial charge in [-0.25, -0.2) is 9.79 Å². The number of halogens is 1. The molecule has 0 unspecified atom stereocenters. The number of benzene rings is 1. The topological polar surface area (TPSA) is 90.1 Å². The molecule has 10 heteroatoms. The number of carbonyl (C=O) groups excluding carboxylic acids is 1. The number of aromatic nitrogens is 1. The maximum Gasteiger partial charge on any atom is 0.338 e. The summed E-state index contributed by atoms with van der Waals surface area (Å²) in [5, 5.41) is 12.4. The number of nitrogens with zero attached hydrogens (tertiary/aromatic N) is 2. The van der Waals surface area contributed by atoms with Gasteiger partial charge in [0.1, 0.15) is 6.04 Å². The fourth-order valence-electron chi connectivity index (χ4n) is 3.51. The fraction of sp³-hybridized carbons (Fsp3) is 0.227. The lowest BCUT2D eigenvalue weighted by molar-refractivity contribution is -0.139. The van der Waals surface area contributed by atoms with Gasteiger partial charge in [-0.2, -0.15) is 0 Å². The van der Waals surface area contributed by atoms with Crippen molar-refractivity contribution in [2.45, 2.75) is 19.9 Å². The minimum absolute atomic E-state index is 0.0697. The molecule has 3 heterocycles. The Morgan fingerprint density at radius 2 is 2.19 bits per heavy atom. The van der Waals surface area contributed by atoms with Crippen molar-refractivity contribution in [1.29, 1.82) is 0 Å². The minimum Gasteiger partial charge on any atom is -0.504 e. The number of aromatic hydroxyl groups is 1. The lowest BCUT2D eigenvalue weighted by atomic mass is 10.0. The molecule has 3 aromatic rings. The summed E-state index contributed by atoms with van der Waals surface area (Å²) in [5.41, 5.74) is 0.983. The SMILES string of the molecule is CCOC(=O)C1=C(C)N=c2s/c(=C\c3cc(Br)cc(OC)c3O)c(=O)n2[C@@H]1c1cccs1. The van der Waals surface area contributed by atoms with Crippen molar-refractivity contribution in [2.24, 2.45) is 4.99 Å². The summed E-state index contributed by atoms with van der Waals surface area (Å²) in [6.45, 7) is 3.71. The molecule has 1 atom stereocenters. The molecule has 1 aromatic carbocycles. The number of esters is 1. The number of hydrogen-bond acceptors (Lipinski definition) is 8. The van der Waals surface area contributed by atoms with Gasteiger partial charge in [-0.05, 0) is 43.5 Å². The van der Waals surface area contributed by atoms with E-state index < -0.39 is 12.0 Å². The van der Waals surface area contributed by atoms with E-state index in [1.54, 1.807) is 32.1 Å². The molecule has 0 saturated heterocycles. The Kier molecular flexibility index (Phi) is 6.36. The number of allylic oxidation sites excluding steroid dienone is 1. The second-order valence-electron chi connectivity index (χ2n) is 6.86. The highest BCUT2D eigenvalue weighted by molar-refractivity contribution is 9.10. The highest BCUT2D eigenvalue weighted by atomic mass is 79.9. The van der Waals surface area contributed by atoms with Crippen molar-refractivity contribution in [2.75, 3.05) is 13.7 Å². The molecule has 4 rings (SSSR count). The van der Waals surface area contributed by atoms with Gasteiger partial charge in [-0.3, -0.25) is 9.36 Å². The number of fused-ring (bicyclic) bond motifs is 1. The van der Waals surface area contributed by atoms with Gasteiger partial charge in [-0.15, -0.1) is 11.3 Å². The molecule has 1 N–H and O–H groups in total. The van der Waals surface area contributed by atoms with Crippen LogP contribution in [0.5, 0.6) is 11.5 Å². The van der Waals surface area contributed by atoms with Crippen LogP contribution in [-0.2, 0) is 9.53 Å². The van der Waals surface area contributed by atoms with Gasteiger partial charge in [0.15, 0.2) is 16.3 Å². The number of hydrogen-bond donors (Lipinski definition) is 1. The molecule has 0 fully saturated rings. The van der Waals surface area contributed by atoms with E-state index in [0.717, 1.165) is 4.88 Å². The van der Waals surface area contributed by atoms with Crippen molar-refractivity contribution >= 4 is 50.6 Å². The van der Waals surface area contributed by atoms with Crippen LogP contribution >= 0.6 is 38.6 Å². The van der Waals surface area contributed by atoms with Gasteiger partial charge in [-0.1, -0.05) is 33.3 Å². The third kappa shape index (κ3) is 3.94. The standard InChI is InChI=1S/C22H19BrN2O5S2/c1-4-30-21(28)17-11(2)24-22-25(18(17)15-6-5-7-31-15)20(27)16(32-22)9-12-8-13(23)10-14(29-3)19(12)26/h5-10,18,26H,4H2,1-3H3/b16-9-/t18-/m1/s1. The molecule has 1 aliphatic heterocycles. The van der Waals surface area contributed by atoms with E-state index >= 15 is 0 Å². The molecular weight excluding hydrogens is 516 g/mol. The van der Waals surface area contributed by atoms with Crippen LogP contribution < -0.4 is 19.6 Å². The van der Waals surface area contributed by atoms with Gasteiger partial charge in [0.05, 0.1) is 29.5 Å². The first-order valence-electron chi connectivity index (χ1n) is 9.65. The van der Waals surface area contributed by atoms with Crippen LogP contribution in [0.25, 0.3) is 6.08 Å². The van der Waals surface area contributed by atoms with Crippen LogP contribution in [0.15, 0.2) is 55.2 Å². The zero-order valence-electron chi connectivity index (χ0n) is 17.4. The predicted octanol–water partition coefficient (Wildman–Crippen LogP) is 3.34. The normalized spacial score (nSPS) is 16.0. The molecule has 0 radical (unpaired) electrons. The molecule has 32 heavy (non-hydrogen) atoms. The van der Waals surface area contributed by atoms with Crippen molar-refractivity contribution < 1.29 is 19.4 Å². The zero-order valence-corrected chi connectivity index (χ0v) is 20.6. The second-order valence-corrected chi connectivity index (χ2v) is 9.77. The predicted molar refractivity (Wildman–Crippen MR) is 127 cm³/mol. The lowest BCUT2D eigenvalue weighted by Crippen LogP contribution is -2.39. The highest BCUT2D eigenvalue weighted by Gasteiger charge is 2.33. The number of ether oxygens (including phenoxy) is 2. The summed E-state index contributed by atoms with van der Waals surface area (Å²) >= 11 is 6.04. The summed E-state index contributed by atoms with van der Waals surface area (Å²) in [5.74, 6) is -0.272. The first-order valence-corrected chi connectivity index (χ1v) is 12.1. The van der Waals surface area contributed by atoms with Gasteiger partial charge in [0.2, 0.25) is 0 Å². The molecule has 0 amide bonds. The van der Waals surface area contributed by atoms with Crippen LogP contribution in [0, 0.1) is 0 Å². The number of rotatable bonds is 5. The van der Waals surface area contributed by atoms with Crippen molar-refractivity contribution in [3.8, 4) is 11.5 Å². The molecule has 2 aromatic heterocycles. The van der Waals surface area contributed by atoms with E-state index in [4.69, 9.17) is 9.47 Å². The number of thiazole rings is 1. The Hall–Kier alpha value is -2.69. The van der Waals surface area contributed by atoms with Crippen LogP contribution in [0.3, 0.4) is 0 Å². The molecule has 0 saturated carbocycles. The van der Waals surface area contributed by atoms with Gasteiger partial charge < -0.3 is 14.6 Å². The van der Waals surface area contributed by atoms with Gasteiger partial charge >= 0.3 is 5.97 Å². The average molecular weight is 535 g/mol. The number of phenolic OH excluding ortho intramolecular Hbond substituents is 1. The van der Waals surface area contributed by atoms with Gasteiger partial charge in [0.25, 0.3) is 5.56 Å².